The Morgan fingerprint density at radius 1 is 1.33 bits per heavy atom. The highest BCUT2D eigenvalue weighted by molar-refractivity contribution is 7.88. The van der Waals surface area contributed by atoms with Gasteiger partial charge in [0.2, 0.25) is 10.0 Å². The second kappa shape index (κ2) is 8.22. The zero-order valence-electron chi connectivity index (χ0n) is 15.5. The van der Waals surface area contributed by atoms with Crippen LogP contribution in [-0.4, -0.2) is 63.2 Å². The lowest BCUT2D eigenvalue weighted by Crippen LogP contribution is -2.57. The minimum Gasteiger partial charge on any atom is -0.453 e. The normalized spacial score (nSPS) is 25.3. The van der Waals surface area contributed by atoms with Gasteiger partial charge in [-0.15, -0.1) is 0 Å². The minimum absolute atomic E-state index is 0.112. The highest BCUT2D eigenvalue weighted by Gasteiger charge is 2.37. The summed E-state index contributed by atoms with van der Waals surface area (Å²) < 4.78 is 31.1. The molecule has 0 aromatic heterocycles. The molecule has 2 heterocycles. The molecule has 8 heteroatoms. The smallest absolute Gasteiger partial charge is 0.409 e. The quantitative estimate of drug-likeness (QED) is 0.831. The number of nitrogens with one attached hydrogen (secondary N) is 1. The summed E-state index contributed by atoms with van der Waals surface area (Å²) in [5.41, 5.74) is 1.93. The number of hydrogen-bond acceptors (Lipinski definition) is 5. The molecule has 1 fully saturated rings. The number of nitrogens with zero attached hydrogens (tertiary/aromatic N) is 2. The lowest BCUT2D eigenvalue weighted by Gasteiger charge is -2.41. The molecule has 1 N–H and O–H groups in total. The predicted molar refractivity (Wildman–Crippen MR) is 104 cm³/mol. The number of methoxy groups -OCH3 is 1. The fourth-order valence-corrected chi connectivity index (χ4v) is 4.56. The number of carbonyl (C=O) groups excluding carboxylic acids is 1. The van der Waals surface area contributed by atoms with E-state index in [2.05, 4.69) is 4.72 Å². The van der Waals surface area contributed by atoms with Crippen LogP contribution in [0.2, 0.25) is 0 Å². The molecule has 7 nitrogen and oxygen atoms in total. The van der Waals surface area contributed by atoms with E-state index in [1.165, 1.54) is 7.11 Å². The highest BCUT2D eigenvalue weighted by Crippen LogP contribution is 2.26. The Morgan fingerprint density at radius 3 is 2.74 bits per heavy atom. The van der Waals surface area contributed by atoms with Crippen LogP contribution in [-0.2, 0) is 14.8 Å². The molecular formula is C19H25N3O4S. The van der Waals surface area contributed by atoms with Gasteiger partial charge >= 0.3 is 6.09 Å². The molecule has 0 saturated carbocycles. The van der Waals surface area contributed by atoms with Gasteiger partial charge in [0.05, 0.1) is 31.2 Å². The Morgan fingerprint density at radius 2 is 2.07 bits per heavy atom. The molecule has 3 atom stereocenters. The van der Waals surface area contributed by atoms with E-state index in [4.69, 9.17) is 9.73 Å². The summed E-state index contributed by atoms with van der Waals surface area (Å²) in [7, 11) is -2.04. The molecular weight excluding hydrogens is 366 g/mol. The molecule has 1 amide bonds. The molecule has 1 aromatic rings. The van der Waals surface area contributed by atoms with E-state index < -0.39 is 16.1 Å². The van der Waals surface area contributed by atoms with E-state index in [1.807, 2.05) is 42.5 Å². The number of ether oxygens (including phenoxy) is 1. The van der Waals surface area contributed by atoms with Gasteiger partial charge in [0.15, 0.2) is 0 Å². The molecule has 1 aromatic carbocycles. The standard InChI is InChI=1S/C19H25N3O4S/c1-26-19(23)22-12-6-9-17(21-27(2,24)25)18(22)13-15-10-11-16(20-15)14-7-4-3-5-8-14/h3-5,7-8,10-11,15,17-18,21H,6,9,12-13H2,1-2H3. The molecule has 27 heavy (non-hydrogen) atoms. The van der Waals surface area contributed by atoms with Crippen molar-refractivity contribution >= 4 is 21.8 Å². The van der Waals surface area contributed by atoms with Crippen molar-refractivity contribution in [1.82, 2.24) is 9.62 Å². The lowest BCUT2D eigenvalue weighted by atomic mass is 9.92. The second-order valence-electron chi connectivity index (χ2n) is 6.91. The van der Waals surface area contributed by atoms with Crippen LogP contribution in [0.4, 0.5) is 4.79 Å². The number of sulfonamides is 1. The first kappa shape index (κ1) is 19.6. The number of carbonyl (C=O) groups is 1. The largest absolute Gasteiger partial charge is 0.453 e. The molecule has 146 valence electrons. The monoisotopic (exact) mass is 391 g/mol. The Bertz CT molecular complexity index is 836. The Hall–Kier alpha value is -2.19. The first-order chi connectivity index (χ1) is 12.9. The van der Waals surface area contributed by atoms with Crippen molar-refractivity contribution in [1.29, 1.82) is 0 Å². The van der Waals surface area contributed by atoms with Crippen molar-refractivity contribution in [3.63, 3.8) is 0 Å². The fraction of sp³-hybridized carbons (Fsp3) is 0.474. The molecule has 0 bridgehead atoms. The van der Waals surface area contributed by atoms with E-state index in [0.29, 0.717) is 19.4 Å². The molecule has 0 spiro atoms. The van der Waals surface area contributed by atoms with Gasteiger partial charge in [0.1, 0.15) is 0 Å². The van der Waals surface area contributed by atoms with Crippen LogP contribution in [0.3, 0.4) is 0 Å². The van der Waals surface area contributed by atoms with Crippen molar-refractivity contribution in [3.8, 4) is 0 Å². The molecule has 2 aliphatic heterocycles. The third kappa shape index (κ3) is 4.95. The fourth-order valence-electron chi connectivity index (χ4n) is 3.73. The van der Waals surface area contributed by atoms with Gasteiger partial charge in [-0.25, -0.2) is 17.9 Å². The number of amides is 1. The van der Waals surface area contributed by atoms with Crippen molar-refractivity contribution in [2.75, 3.05) is 19.9 Å². The van der Waals surface area contributed by atoms with Gasteiger partial charge in [0, 0.05) is 12.6 Å². The molecule has 1 saturated heterocycles. The highest BCUT2D eigenvalue weighted by atomic mass is 32.2. The molecule has 3 unspecified atom stereocenters. The molecule has 0 radical (unpaired) electrons. The summed E-state index contributed by atoms with van der Waals surface area (Å²) >= 11 is 0. The number of rotatable bonds is 5. The Balaban J connectivity index is 1.80. The van der Waals surface area contributed by atoms with Gasteiger partial charge in [-0.1, -0.05) is 36.4 Å². The zero-order valence-corrected chi connectivity index (χ0v) is 16.4. The molecule has 0 aliphatic carbocycles. The summed E-state index contributed by atoms with van der Waals surface area (Å²) in [6.45, 7) is 0.547. The predicted octanol–water partition coefficient (Wildman–Crippen LogP) is 1.95. The maximum atomic E-state index is 12.2. The Labute approximate surface area is 160 Å². The number of piperidine rings is 1. The van der Waals surface area contributed by atoms with Gasteiger partial charge in [-0.3, -0.25) is 4.99 Å². The third-order valence-electron chi connectivity index (χ3n) is 4.89. The second-order valence-corrected chi connectivity index (χ2v) is 8.69. The van der Waals surface area contributed by atoms with Crippen LogP contribution in [0.1, 0.15) is 24.8 Å². The zero-order chi connectivity index (χ0) is 19.4. The lowest BCUT2D eigenvalue weighted by molar-refractivity contribution is 0.0753. The van der Waals surface area contributed by atoms with Gasteiger partial charge in [-0.05, 0) is 30.9 Å². The van der Waals surface area contributed by atoms with Gasteiger partial charge < -0.3 is 9.64 Å². The van der Waals surface area contributed by atoms with Crippen LogP contribution in [0, 0.1) is 0 Å². The molecule has 3 rings (SSSR count). The number of hydrogen-bond donors (Lipinski definition) is 1. The van der Waals surface area contributed by atoms with Gasteiger partial charge in [-0.2, -0.15) is 0 Å². The van der Waals surface area contributed by atoms with Crippen LogP contribution < -0.4 is 4.72 Å². The van der Waals surface area contributed by atoms with Crippen LogP contribution in [0.15, 0.2) is 47.5 Å². The summed E-state index contributed by atoms with van der Waals surface area (Å²) in [5, 5.41) is 0. The Kier molecular flexibility index (Phi) is 5.96. The third-order valence-corrected chi connectivity index (χ3v) is 5.62. The number of benzene rings is 1. The molecule has 2 aliphatic rings. The van der Waals surface area contributed by atoms with Crippen LogP contribution >= 0.6 is 0 Å². The van der Waals surface area contributed by atoms with Crippen molar-refractivity contribution in [2.45, 2.75) is 37.4 Å². The van der Waals surface area contributed by atoms with E-state index >= 15 is 0 Å². The van der Waals surface area contributed by atoms with E-state index in [-0.39, 0.29) is 18.1 Å². The van der Waals surface area contributed by atoms with Gasteiger partial charge in [0.25, 0.3) is 0 Å². The topological polar surface area (TPSA) is 88.1 Å². The average molecular weight is 391 g/mol. The van der Waals surface area contributed by atoms with Crippen molar-refractivity contribution in [3.05, 3.63) is 48.0 Å². The summed E-state index contributed by atoms with van der Waals surface area (Å²) in [5.74, 6) is 0. The maximum Gasteiger partial charge on any atom is 0.409 e. The minimum atomic E-state index is -3.38. The van der Waals surface area contributed by atoms with E-state index in [1.54, 1.807) is 4.90 Å². The van der Waals surface area contributed by atoms with Crippen LogP contribution in [0.25, 0.3) is 0 Å². The van der Waals surface area contributed by atoms with Crippen molar-refractivity contribution < 1.29 is 17.9 Å². The summed E-state index contributed by atoms with van der Waals surface area (Å²) in [6.07, 6.45) is 6.62. The van der Waals surface area contributed by atoms with Crippen molar-refractivity contribution in [2.24, 2.45) is 4.99 Å². The number of aliphatic imine (C=N–C) groups is 1. The summed E-state index contributed by atoms with van der Waals surface area (Å²) in [6, 6.07) is 9.11. The van der Waals surface area contributed by atoms with E-state index in [9.17, 15) is 13.2 Å². The number of likely N-dealkylation sites (tertiary alicyclic amines) is 1. The summed E-state index contributed by atoms with van der Waals surface area (Å²) in [4.78, 5) is 18.6. The first-order valence-corrected chi connectivity index (χ1v) is 10.9. The SMILES string of the molecule is COC(=O)N1CCCC(NS(C)(=O)=O)C1CC1C=CC(c2ccccc2)=N1. The van der Waals surface area contributed by atoms with Crippen LogP contribution in [0.5, 0.6) is 0 Å². The average Bonchev–Trinajstić information content (AvgIpc) is 3.10. The number of allylic oxidation sites excluding steroid dienone is 1. The van der Waals surface area contributed by atoms with E-state index in [0.717, 1.165) is 24.0 Å². The first-order valence-electron chi connectivity index (χ1n) is 9.00. The maximum absolute atomic E-state index is 12.2.